The third kappa shape index (κ3) is 2.36. The van der Waals surface area contributed by atoms with Gasteiger partial charge in [0.05, 0.1) is 12.5 Å². The fourth-order valence-electron chi connectivity index (χ4n) is 2.02. The number of aliphatic hydroxyl groups excluding tert-OH is 1. The molecule has 2 N–H and O–H groups in total. The molecule has 6 nitrogen and oxygen atoms in total. The Bertz CT molecular complexity index is 473. The molecule has 1 aromatic heterocycles. The summed E-state index contributed by atoms with van der Waals surface area (Å²) < 4.78 is 7.13. The topological polar surface area (TPSA) is 76.4 Å². The van der Waals surface area contributed by atoms with Crippen LogP contribution in [0.25, 0.3) is 0 Å². The van der Waals surface area contributed by atoms with Crippen LogP contribution < -0.4 is 11.0 Å². The monoisotopic (exact) mass is 273 g/mol. The highest BCUT2D eigenvalue weighted by Crippen LogP contribution is 2.36. The fourth-order valence-corrected chi connectivity index (χ4v) is 2.30. The molecular weight excluding hydrogens is 258 g/mol. The van der Waals surface area contributed by atoms with E-state index in [1.54, 1.807) is 19.3 Å². The number of rotatable bonds is 4. The Hall–Kier alpha value is -1.11. The number of nitrogens with one attached hydrogen (secondary N) is 1. The van der Waals surface area contributed by atoms with Crippen molar-refractivity contribution < 1.29 is 9.84 Å². The first kappa shape index (κ1) is 13.3. The zero-order chi connectivity index (χ0) is 13.2. The number of nitrogens with zero attached hydrogens (tertiary/aromatic N) is 2. The maximum atomic E-state index is 11.8. The number of halogens is 1. The minimum Gasteiger partial charge on any atom is -0.393 e. The number of ether oxygens (including phenoxy) is 1. The summed E-state index contributed by atoms with van der Waals surface area (Å²) in [7, 11) is 1.70. The van der Waals surface area contributed by atoms with Crippen molar-refractivity contribution in [3.05, 3.63) is 22.7 Å². The van der Waals surface area contributed by atoms with E-state index in [1.807, 2.05) is 0 Å². The second kappa shape index (κ2) is 5.26. The molecule has 0 spiro atoms. The molecule has 2 unspecified atom stereocenters. The second-order valence-corrected chi connectivity index (χ2v) is 4.61. The number of aromatic nitrogens is 2. The zero-order valence-corrected chi connectivity index (χ0v) is 10.9. The largest absolute Gasteiger partial charge is 0.393 e. The molecular formula is C11H16ClN3O3. The van der Waals surface area contributed by atoms with Crippen LogP contribution in [0.2, 0.25) is 0 Å². The van der Waals surface area contributed by atoms with Gasteiger partial charge >= 0.3 is 5.69 Å². The van der Waals surface area contributed by atoms with Gasteiger partial charge in [-0.05, 0) is 18.9 Å². The third-order valence-corrected chi connectivity index (χ3v) is 3.65. The van der Waals surface area contributed by atoms with Crippen molar-refractivity contribution >= 4 is 17.4 Å². The van der Waals surface area contributed by atoms with Gasteiger partial charge in [-0.3, -0.25) is 4.57 Å². The van der Waals surface area contributed by atoms with Crippen molar-refractivity contribution in [2.75, 3.05) is 24.9 Å². The lowest BCUT2D eigenvalue weighted by molar-refractivity contribution is -0.0859. The van der Waals surface area contributed by atoms with Crippen LogP contribution in [-0.4, -0.2) is 39.8 Å². The van der Waals surface area contributed by atoms with Crippen molar-refractivity contribution in [3.63, 3.8) is 0 Å². The van der Waals surface area contributed by atoms with Crippen LogP contribution >= 0.6 is 11.6 Å². The van der Waals surface area contributed by atoms with Gasteiger partial charge in [-0.1, -0.05) is 0 Å². The normalized spacial score (nSPS) is 27.4. The van der Waals surface area contributed by atoms with E-state index in [4.69, 9.17) is 16.3 Å². The predicted octanol–water partition coefficient (Wildman–Crippen LogP) is 0.564. The summed E-state index contributed by atoms with van der Waals surface area (Å²) in [6.45, 7) is -0.149. The molecule has 1 aromatic rings. The first-order chi connectivity index (χ1) is 8.64. The van der Waals surface area contributed by atoms with Gasteiger partial charge in [-0.15, -0.1) is 11.6 Å². The summed E-state index contributed by atoms with van der Waals surface area (Å²) in [4.78, 5) is 15.7. The molecule has 1 saturated heterocycles. The Morgan fingerprint density at radius 2 is 2.56 bits per heavy atom. The highest BCUT2D eigenvalue weighted by Gasteiger charge is 2.40. The maximum Gasteiger partial charge on any atom is 0.351 e. The lowest BCUT2D eigenvalue weighted by atomic mass is 10.0. The van der Waals surface area contributed by atoms with E-state index in [1.165, 1.54) is 4.57 Å². The summed E-state index contributed by atoms with van der Waals surface area (Å²) in [5, 5.41) is 12.1. The number of alkyl halides is 1. The molecule has 18 heavy (non-hydrogen) atoms. The van der Waals surface area contributed by atoms with E-state index in [0.29, 0.717) is 18.7 Å². The Morgan fingerprint density at radius 1 is 1.78 bits per heavy atom. The minimum absolute atomic E-state index is 0.149. The number of anilines is 1. The van der Waals surface area contributed by atoms with Crippen LogP contribution in [0.4, 0.5) is 5.82 Å². The highest BCUT2D eigenvalue weighted by molar-refractivity contribution is 6.18. The maximum absolute atomic E-state index is 11.8. The second-order valence-electron chi connectivity index (χ2n) is 4.34. The van der Waals surface area contributed by atoms with E-state index in [9.17, 15) is 9.90 Å². The summed E-state index contributed by atoms with van der Waals surface area (Å²) in [6.07, 6.45) is 2.47. The first-order valence-corrected chi connectivity index (χ1v) is 6.29. The van der Waals surface area contributed by atoms with Gasteiger partial charge in [0.1, 0.15) is 17.6 Å². The lowest BCUT2D eigenvalue weighted by Gasteiger charge is -2.24. The molecule has 1 aliphatic heterocycles. The third-order valence-electron chi connectivity index (χ3n) is 3.16. The van der Waals surface area contributed by atoms with Crippen LogP contribution in [-0.2, 0) is 4.74 Å². The highest BCUT2D eigenvalue weighted by atomic mass is 35.5. The van der Waals surface area contributed by atoms with Crippen LogP contribution in [0, 0.1) is 0 Å². The molecule has 0 radical (unpaired) electrons. The summed E-state index contributed by atoms with van der Waals surface area (Å²) in [5.74, 6) is 0.719. The first-order valence-electron chi connectivity index (χ1n) is 5.76. The zero-order valence-electron chi connectivity index (χ0n) is 10.1. The van der Waals surface area contributed by atoms with Gasteiger partial charge in [-0.25, -0.2) is 4.79 Å². The molecule has 0 bridgehead atoms. The SMILES string of the molecule is CNc1ccn(C2CCC(CO)(CCl)O2)c(=O)n1. The van der Waals surface area contributed by atoms with E-state index in [-0.39, 0.29) is 18.2 Å². The van der Waals surface area contributed by atoms with Crippen molar-refractivity contribution in [2.45, 2.75) is 24.7 Å². The van der Waals surface area contributed by atoms with Crippen molar-refractivity contribution in [1.82, 2.24) is 9.55 Å². The molecule has 2 heterocycles. The molecule has 0 amide bonds. The fraction of sp³-hybridized carbons (Fsp3) is 0.636. The summed E-state index contributed by atoms with van der Waals surface area (Å²) in [5.41, 5.74) is -1.12. The van der Waals surface area contributed by atoms with E-state index < -0.39 is 11.8 Å². The predicted molar refractivity (Wildman–Crippen MR) is 67.9 cm³/mol. The Morgan fingerprint density at radius 3 is 3.06 bits per heavy atom. The van der Waals surface area contributed by atoms with Gasteiger partial charge in [0.25, 0.3) is 0 Å². The Labute approximate surface area is 110 Å². The van der Waals surface area contributed by atoms with Crippen molar-refractivity contribution in [3.8, 4) is 0 Å². The summed E-state index contributed by atoms with van der Waals surface area (Å²) in [6, 6.07) is 1.70. The van der Waals surface area contributed by atoms with Gasteiger partial charge in [-0.2, -0.15) is 4.98 Å². The van der Waals surface area contributed by atoms with E-state index in [2.05, 4.69) is 10.3 Å². The van der Waals surface area contributed by atoms with E-state index >= 15 is 0 Å². The van der Waals surface area contributed by atoms with Crippen LogP contribution in [0.1, 0.15) is 19.1 Å². The summed E-state index contributed by atoms with van der Waals surface area (Å²) >= 11 is 5.81. The average molecular weight is 274 g/mol. The van der Waals surface area contributed by atoms with Crippen molar-refractivity contribution in [1.29, 1.82) is 0 Å². The molecule has 0 aliphatic carbocycles. The molecule has 0 aromatic carbocycles. The number of hydrogen-bond acceptors (Lipinski definition) is 5. The van der Waals surface area contributed by atoms with Gasteiger partial charge < -0.3 is 15.2 Å². The quantitative estimate of drug-likeness (QED) is 0.784. The minimum atomic E-state index is -0.743. The van der Waals surface area contributed by atoms with Crippen LogP contribution in [0.5, 0.6) is 0 Å². The molecule has 7 heteroatoms. The molecule has 1 aliphatic rings. The molecule has 2 atom stereocenters. The number of aliphatic hydroxyl groups is 1. The molecule has 1 fully saturated rings. The molecule has 2 rings (SSSR count). The Balaban J connectivity index is 2.22. The lowest BCUT2D eigenvalue weighted by Crippen LogP contribution is -2.36. The smallest absolute Gasteiger partial charge is 0.351 e. The van der Waals surface area contributed by atoms with E-state index in [0.717, 1.165) is 0 Å². The van der Waals surface area contributed by atoms with Gasteiger partial charge in [0, 0.05) is 13.2 Å². The van der Waals surface area contributed by atoms with Crippen molar-refractivity contribution in [2.24, 2.45) is 0 Å². The van der Waals surface area contributed by atoms with Gasteiger partial charge in [0.15, 0.2) is 0 Å². The Kier molecular flexibility index (Phi) is 3.89. The standard InChI is InChI=1S/C11H16ClN3O3/c1-13-8-3-5-15(10(17)14-8)9-2-4-11(6-12,7-16)18-9/h3,5,9,16H,2,4,6-7H2,1H3,(H,13,14,17). The average Bonchev–Trinajstić information content (AvgIpc) is 2.83. The molecule has 100 valence electrons. The van der Waals surface area contributed by atoms with Gasteiger partial charge in [0.2, 0.25) is 0 Å². The van der Waals surface area contributed by atoms with Crippen LogP contribution in [0.15, 0.2) is 17.1 Å². The van der Waals surface area contributed by atoms with Crippen LogP contribution in [0.3, 0.4) is 0 Å². The molecule has 0 saturated carbocycles. The number of hydrogen-bond donors (Lipinski definition) is 2.